The molecule has 1 fully saturated rings. The van der Waals surface area contributed by atoms with Crippen molar-refractivity contribution in [3.63, 3.8) is 0 Å². The Labute approximate surface area is 105 Å². The van der Waals surface area contributed by atoms with Gasteiger partial charge in [-0.3, -0.25) is 11.3 Å². The second-order valence-corrected chi connectivity index (χ2v) is 6.20. The van der Waals surface area contributed by atoms with Crippen molar-refractivity contribution in [2.75, 3.05) is 11.5 Å². The minimum absolute atomic E-state index is 0.553. The van der Waals surface area contributed by atoms with E-state index < -0.39 is 0 Å². The van der Waals surface area contributed by atoms with Crippen LogP contribution in [0, 0.1) is 11.8 Å². The number of hydrazine groups is 1. The predicted octanol–water partition coefficient (Wildman–Crippen LogP) is 3.18. The molecule has 1 aliphatic rings. The van der Waals surface area contributed by atoms with Crippen molar-refractivity contribution in [1.29, 1.82) is 0 Å². The van der Waals surface area contributed by atoms with Crippen molar-refractivity contribution >= 4 is 11.8 Å². The Balaban J connectivity index is 2.33. The van der Waals surface area contributed by atoms with Crippen molar-refractivity contribution in [3.05, 3.63) is 0 Å². The third-order valence-electron chi connectivity index (χ3n) is 3.88. The Kier molecular flexibility index (Phi) is 7.50. The molecule has 0 aliphatic carbocycles. The fourth-order valence-electron chi connectivity index (χ4n) is 2.61. The van der Waals surface area contributed by atoms with Gasteiger partial charge in [0.1, 0.15) is 0 Å². The van der Waals surface area contributed by atoms with Crippen molar-refractivity contribution in [2.24, 2.45) is 17.7 Å². The molecule has 1 rings (SSSR count). The summed E-state index contributed by atoms with van der Waals surface area (Å²) in [6, 6.07) is 0.553. The van der Waals surface area contributed by atoms with Crippen LogP contribution in [-0.4, -0.2) is 17.5 Å². The van der Waals surface area contributed by atoms with Crippen LogP contribution in [0.4, 0.5) is 0 Å². The van der Waals surface area contributed by atoms with Gasteiger partial charge in [-0.05, 0) is 36.2 Å². The number of thioether (sulfide) groups is 1. The molecule has 1 aliphatic heterocycles. The largest absolute Gasteiger partial charge is 0.271 e. The maximum absolute atomic E-state index is 5.72. The van der Waals surface area contributed by atoms with Crippen LogP contribution in [0.5, 0.6) is 0 Å². The van der Waals surface area contributed by atoms with Crippen molar-refractivity contribution < 1.29 is 0 Å². The predicted molar refractivity (Wildman–Crippen MR) is 74.5 cm³/mol. The van der Waals surface area contributed by atoms with Crippen LogP contribution in [0.3, 0.4) is 0 Å². The summed E-state index contributed by atoms with van der Waals surface area (Å²) in [6.45, 7) is 4.59. The average Bonchev–Trinajstić information content (AvgIpc) is 2.83. The van der Waals surface area contributed by atoms with E-state index in [2.05, 4.69) is 31.0 Å². The molecule has 3 heteroatoms. The van der Waals surface area contributed by atoms with Gasteiger partial charge in [-0.25, -0.2) is 0 Å². The lowest BCUT2D eigenvalue weighted by Gasteiger charge is -2.26. The number of nitrogens with one attached hydrogen (secondary N) is 1. The molecule has 1 saturated heterocycles. The first kappa shape index (κ1) is 14.3. The Morgan fingerprint density at radius 3 is 2.75 bits per heavy atom. The number of hydrogen-bond donors (Lipinski definition) is 2. The van der Waals surface area contributed by atoms with Crippen LogP contribution in [0.2, 0.25) is 0 Å². The number of hydrogen-bond acceptors (Lipinski definition) is 3. The van der Waals surface area contributed by atoms with Crippen LogP contribution in [0.15, 0.2) is 0 Å². The Hall–Kier alpha value is 0.270. The summed E-state index contributed by atoms with van der Waals surface area (Å²) in [5.74, 6) is 10.0. The standard InChI is InChI=1S/C13H28N2S/c1-3-5-6-11(4-2)9-13(15-14)12-7-8-16-10-12/h11-13,15H,3-10,14H2,1-2H3. The van der Waals surface area contributed by atoms with Gasteiger partial charge in [-0.15, -0.1) is 0 Å². The first-order chi connectivity index (χ1) is 7.81. The average molecular weight is 244 g/mol. The molecule has 0 aromatic carbocycles. The molecule has 0 radical (unpaired) electrons. The monoisotopic (exact) mass is 244 g/mol. The third-order valence-corrected chi connectivity index (χ3v) is 5.07. The van der Waals surface area contributed by atoms with Gasteiger partial charge in [0.25, 0.3) is 0 Å². The number of unbranched alkanes of at least 4 members (excludes halogenated alkanes) is 1. The summed E-state index contributed by atoms with van der Waals surface area (Å²) in [6.07, 6.45) is 8.00. The molecule has 0 amide bonds. The first-order valence-electron chi connectivity index (χ1n) is 6.85. The highest BCUT2D eigenvalue weighted by atomic mass is 32.2. The molecule has 3 unspecified atom stereocenters. The zero-order chi connectivity index (χ0) is 11.8. The van der Waals surface area contributed by atoms with Crippen molar-refractivity contribution in [1.82, 2.24) is 5.43 Å². The summed E-state index contributed by atoms with van der Waals surface area (Å²) >= 11 is 2.08. The minimum atomic E-state index is 0.553. The fourth-order valence-corrected chi connectivity index (χ4v) is 3.95. The Bertz CT molecular complexity index is 169. The van der Waals surface area contributed by atoms with E-state index in [-0.39, 0.29) is 0 Å². The molecule has 0 spiro atoms. The minimum Gasteiger partial charge on any atom is -0.271 e. The van der Waals surface area contributed by atoms with Gasteiger partial charge < -0.3 is 0 Å². The maximum atomic E-state index is 5.72. The van der Waals surface area contributed by atoms with Crippen LogP contribution < -0.4 is 11.3 Å². The SMILES string of the molecule is CCCCC(CC)CC(NN)C1CCSC1. The van der Waals surface area contributed by atoms with Gasteiger partial charge in [-0.1, -0.05) is 39.5 Å². The molecule has 3 N–H and O–H groups in total. The van der Waals surface area contributed by atoms with Gasteiger partial charge in [0, 0.05) is 6.04 Å². The van der Waals surface area contributed by atoms with E-state index in [4.69, 9.17) is 5.84 Å². The number of rotatable bonds is 8. The summed E-state index contributed by atoms with van der Waals surface area (Å²) in [5.41, 5.74) is 3.07. The molecule has 0 aromatic heterocycles. The lowest BCUT2D eigenvalue weighted by molar-refractivity contribution is 0.292. The van der Waals surface area contributed by atoms with E-state index in [1.807, 2.05) is 0 Å². The topological polar surface area (TPSA) is 38.0 Å². The fraction of sp³-hybridized carbons (Fsp3) is 1.00. The van der Waals surface area contributed by atoms with Gasteiger partial charge in [0.05, 0.1) is 0 Å². The van der Waals surface area contributed by atoms with Crippen LogP contribution in [-0.2, 0) is 0 Å². The highest BCUT2D eigenvalue weighted by Gasteiger charge is 2.26. The van der Waals surface area contributed by atoms with E-state index in [0.29, 0.717) is 6.04 Å². The molecular formula is C13H28N2S. The lowest BCUT2D eigenvalue weighted by Crippen LogP contribution is -2.42. The zero-order valence-electron chi connectivity index (χ0n) is 10.9. The van der Waals surface area contributed by atoms with Gasteiger partial charge >= 0.3 is 0 Å². The molecule has 2 nitrogen and oxygen atoms in total. The highest BCUT2D eigenvalue weighted by molar-refractivity contribution is 7.99. The zero-order valence-corrected chi connectivity index (χ0v) is 11.7. The van der Waals surface area contributed by atoms with E-state index in [9.17, 15) is 0 Å². The lowest BCUT2D eigenvalue weighted by atomic mass is 9.86. The van der Waals surface area contributed by atoms with Crippen molar-refractivity contribution in [2.45, 2.75) is 58.4 Å². The van der Waals surface area contributed by atoms with Crippen LogP contribution in [0.25, 0.3) is 0 Å². The van der Waals surface area contributed by atoms with Gasteiger partial charge in [0.15, 0.2) is 0 Å². The van der Waals surface area contributed by atoms with Crippen LogP contribution >= 0.6 is 11.8 Å². The molecule has 0 aromatic rings. The normalized spacial score (nSPS) is 24.6. The third kappa shape index (κ3) is 4.64. The molecule has 16 heavy (non-hydrogen) atoms. The molecule has 1 heterocycles. The molecular weight excluding hydrogens is 216 g/mol. The summed E-state index contributed by atoms with van der Waals surface area (Å²) in [4.78, 5) is 0. The smallest absolute Gasteiger partial charge is 0.0249 e. The van der Waals surface area contributed by atoms with Gasteiger partial charge in [0.2, 0.25) is 0 Å². The van der Waals surface area contributed by atoms with E-state index in [0.717, 1.165) is 11.8 Å². The molecule has 96 valence electrons. The van der Waals surface area contributed by atoms with Crippen LogP contribution in [0.1, 0.15) is 52.4 Å². The molecule has 0 saturated carbocycles. The number of nitrogens with two attached hydrogens (primary N) is 1. The molecule has 3 atom stereocenters. The second kappa shape index (κ2) is 8.37. The second-order valence-electron chi connectivity index (χ2n) is 5.05. The van der Waals surface area contributed by atoms with E-state index in [1.54, 1.807) is 0 Å². The van der Waals surface area contributed by atoms with E-state index >= 15 is 0 Å². The summed E-state index contributed by atoms with van der Waals surface area (Å²) in [7, 11) is 0. The van der Waals surface area contributed by atoms with E-state index in [1.165, 1.54) is 50.0 Å². The summed E-state index contributed by atoms with van der Waals surface area (Å²) in [5, 5.41) is 0. The Morgan fingerprint density at radius 1 is 1.44 bits per heavy atom. The first-order valence-corrected chi connectivity index (χ1v) is 8.01. The van der Waals surface area contributed by atoms with Gasteiger partial charge in [-0.2, -0.15) is 11.8 Å². The molecule has 0 bridgehead atoms. The Morgan fingerprint density at radius 2 is 2.25 bits per heavy atom. The maximum Gasteiger partial charge on any atom is 0.0249 e. The highest BCUT2D eigenvalue weighted by Crippen LogP contribution is 2.30. The summed E-state index contributed by atoms with van der Waals surface area (Å²) < 4.78 is 0. The van der Waals surface area contributed by atoms with Crippen molar-refractivity contribution in [3.8, 4) is 0 Å². The quantitative estimate of drug-likeness (QED) is 0.509.